The van der Waals surface area contributed by atoms with E-state index in [0.717, 1.165) is 18.5 Å². The van der Waals surface area contributed by atoms with Gasteiger partial charge in [-0.2, -0.15) is 0 Å². The molecule has 3 nitrogen and oxygen atoms in total. The molecule has 2 rings (SSSR count). The molecule has 0 spiro atoms. The van der Waals surface area contributed by atoms with Crippen LogP contribution >= 0.6 is 0 Å². The molecule has 0 aromatic heterocycles. The quantitative estimate of drug-likeness (QED) is 0.839. The van der Waals surface area contributed by atoms with Crippen molar-refractivity contribution in [3.05, 3.63) is 29.8 Å². The highest BCUT2D eigenvalue weighted by atomic mass is 32.2. The van der Waals surface area contributed by atoms with Gasteiger partial charge in [-0.1, -0.05) is 51.3 Å². The Morgan fingerprint density at radius 3 is 2.75 bits per heavy atom. The molecule has 1 aromatic carbocycles. The van der Waals surface area contributed by atoms with Gasteiger partial charge in [0.25, 0.3) is 0 Å². The van der Waals surface area contributed by atoms with Crippen molar-refractivity contribution < 1.29 is 8.42 Å². The fourth-order valence-electron chi connectivity index (χ4n) is 2.87. The minimum absolute atomic E-state index is 0.0353. The molecule has 0 aliphatic carbocycles. The van der Waals surface area contributed by atoms with E-state index in [0.29, 0.717) is 10.8 Å². The van der Waals surface area contributed by atoms with Gasteiger partial charge in [-0.05, 0) is 30.5 Å². The lowest BCUT2D eigenvalue weighted by molar-refractivity contribution is 0.400. The van der Waals surface area contributed by atoms with Crippen molar-refractivity contribution in [3.63, 3.8) is 0 Å². The number of fused-ring (bicyclic) bond motifs is 1. The van der Waals surface area contributed by atoms with Gasteiger partial charge >= 0.3 is 0 Å². The fourth-order valence-corrected chi connectivity index (χ4v) is 4.64. The lowest BCUT2D eigenvalue weighted by Gasteiger charge is -2.19. The van der Waals surface area contributed by atoms with Crippen LogP contribution in [0.4, 0.5) is 0 Å². The number of hydrogen-bond donors (Lipinski definition) is 1. The smallest absolute Gasteiger partial charge is 0.180 e. The van der Waals surface area contributed by atoms with E-state index in [1.807, 2.05) is 12.1 Å². The average Bonchev–Trinajstić information content (AvgIpc) is 2.71. The van der Waals surface area contributed by atoms with Crippen LogP contribution in [0.25, 0.3) is 0 Å². The first kappa shape index (κ1) is 15.5. The second kappa shape index (κ2) is 6.72. The highest BCUT2D eigenvalue weighted by molar-refractivity contribution is 7.91. The van der Waals surface area contributed by atoms with Crippen LogP contribution < -0.4 is 5.32 Å². The maximum absolute atomic E-state index is 12.1. The van der Waals surface area contributed by atoms with Crippen molar-refractivity contribution >= 4 is 9.84 Å². The summed E-state index contributed by atoms with van der Waals surface area (Å²) in [5.74, 6) is 0.849. The Kier molecular flexibility index (Phi) is 5.22. The topological polar surface area (TPSA) is 46.2 Å². The van der Waals surface area contributed by atoms with Gasteiger partial charge in [-0.15, -0.1) is 0 Å². The molecule has 0 saturated heterocycles. The second-order valence-corrected chi connectivity index (χ2v) is 7.70. The lowest BCUT2D eigenvalue weighted by atomic mass is 9.98. The Bertz CT molecular complexity index is 539. The third kappa shape index (κ3) is 3.41. The molecule has 112 valence electrons. The molecule has 1 aromatic rings. The summed E-state index contributed by atoms with van der Waals surface area (Å²) in [6, 6.07) is 7.34. The van der Waals surface area contributed by atoms with Gasteiger partial charge in [0.1, 0.15) is 0 Å². The van der Waals surface area contributed by atoms with Gasteiger partial charge in [0.05, 0.1) is 10.6 Å². The number of rotatable bonds is 7. The molecule has 0 amide bonds. The van der Waals surface area contributed by atoms with Gasteiger partial charge < -0.3 is 5.32 Å². The van der Waals surface area contributed by atoms with E-state index in [1.54, 1.807) is 12.1 Å². The highest BCUT2D eigenvalue weighted by Gasteiger charge is 2.34. The summed E-state index contributed by atoms with van der Waals surface area (Å²) in [4.78, 5) is 0.513. The summed E-state index contributed by atoms with van der Waals surface area (Å²) >= 11 is 0. The molecule has 1 aliphatic rings. The molecule has 20 heavy (non-hydrogen) atoms. The number of nitrogens with one attached hydrogen (secondary N) is 1. The number of unbranched alkanes of at least 4 members (excludes halogenated alkanes) is 1. The number of benzene rings is 1. The molecule has 0 radical (unpaired) electrons. The van der Waals surface area contributed by atoms with E-state index < -0.39 is 9.84 Å². The summed E-state index contributed by atoms with van der Waals surface area (Å²) in [6.07, 6.45) is 4.84. The first-order valence-corrected chi connectivity index (χ1v) is 9.28. The van der Waals surface area contributed by atoms with E-state index in [2.05, 4.69) is 19.2 Å². The SMILES string of the molecule is CCCCC(CC)CNC1CS(=O)(=O)c2ccccc21. The first-order valence-electron chi connectivity index (χ1n) is 7.63. The average molecular weight is 295 g/mol. The molecule has 1 N–H and O–H groups in total. The lowest BCUT2D eigenvalue weighted by Crippen LogP contribution is -2.28. The summed E-state index contributed by atoms with van der Waals surface area (Å²) in [6.45, 7) is 5.33. The third-order valence-electron chi connectivity index (χ3n) is 4.21. The molecular weight excluding hydrogens is 270 g/mol. The van der Waals surface area contributed by atoms with Crippen LogP contribution in [0.1, 0.15) is 51.1 Å². The molecule has 2 atom stereocenters. The van der Waals surface area contributed by atoms with E-state index in [9.17, 15) is 8.42 Å². The van der Waals surface area contributed by atoms with Crippen LogP contribution in [0, 0.1) is 5.92 Å². The zero-order chi connectivity index (χ0) is 14.6. The van der Waals surface area contributed by atoms with Gasteiger partial charge in [0, 0.05) is 6.04 Å². The van der Waals surface area contributed by atoms with Crippen molar-refractivity contribution in [1.29, 1.82) is 0 Å². The van der Waals surface area contributed by atoms with Crippen molar-refractivity contribution in [2.45, 2.75) is 50.5 Å². The predicted molar refractivity (Wildman–Crippen MR) is 82.5 cm³/mol. The minimum atomic E-state index is -3.09. The minimum Gasteiger partial charge on any atom is -0.309 e. The fraction of sp³-hybridized carbons (Fsp3) is 0.625. The van der Waals surface area contributed by atoms with E-state index in [-0.39, 0.29) is 11.8 Å². The van der Waals surface area contributed by atoms with Gasteiger partial charge in [0.2, 0.25) is 0 Å². The largest absolute Gasteiger partial charge is 0.309 e. The number of hydrogen-bond acceptors (Lipinski definition) is 3. The zero-order valence-corrected chi connectivity index (χ0v) is 13.2. The molecular formula is C16H25NO2S. The Balaban J connectivity index is 2.01. The molecule has 0 fully saturated rings. The molecule has 0 saturated carbocycles. The highest BCUT2D eigenvalue weighted by Crippen LogP contribution is 2.33. The molecule has 4 heteroatoms. The molecule has 0 bridgehead atoms. The maximum atomic E-state index is 12.1. The Morgan fingerprint density at radius 2 is 2.05 bits per heavy atom. The normalized spacial score (nSPS) is 21.6. The van der Waals surface area contributed by atoms with E-state index in [1.165, 1.54) is 19.3 Å². The van der Waals surface area contributed by atoms with Crippen LogP contribution in [-0.2, 0) is 9.84 Å². The van der Waals surface area contributed by atoms with Crippen molar-refractivity contribution in [2.75, 3.05) is 12.3 Å². The molecule has 1 heterocycles. The van der Waals surface area contributed by atoms with Crippen LogP contribution in [0.15, 0.2) is 29.2 Å². The first-order chi connectivity index (χ1) is 9.58. The maximum Gasteiger partial charge on any atom is 0.180 e. The van der Waals surface area contributed by atoms with Gasteiger partial charge in [-0.25, -0.2) is 8.42 Å². The third-order valence-corrected chi connectivity index (χ3v) is 6.03. The summed E-state index contributed by atoms with van der Waals surface area (Å²) in [7, 11) is -3.09. The standard InChI is InChI=1S/C16H25NO2S/c1-3-5-8-13(4-2)11-17-15-12-20(18,19)16-10-7-6-9-14(15)16/h6-7,9-10,13,15,17H,3-5,8,11-12H2,1-2H3. The summed E-state index contributed by atoms with van der Waals surface area (Å²) in [5.41, 5.74) is 0.942. The Labute approximate surface area is 122 Å². The second-order valence-electron chi connectivity index (χ2n) is 5.70. The van der Waals surface area contributed by atoms with Crippen molar-refractivity contribution in [1.82, 2.24) is 5.32 Å². The van der Waals surface area contributed by atoms with Crippen molar-refractivity contribution in [2.24, 2.45) is 5.92 Å². The summed E-state index contributed by atoms with van der Waals surface area (Å²) < 4.78 is 24.2. The zero-order valence-electron chi connectivity index (χ0n) is 12.4. The van der Waals surface area contributed by atoms with E-state index in [4.69, 9.17) is 0 Å². The number of sulfone groups is 1. The summed E-state index contributed by atoms with van der Waals surface area (Å²) in [5, 5.41) is 3.47. The van der Waals surface area contributed by atoms with Gasteiger partial charge in [-0.3, -0.25) is 0 Å². The molecule has 1 aliphatic heterocycles. The van der Waals surface area contributed by atoms with Crippen LogP contribution in [-0.4, -0.2) is 20.7 Å². The van der Waals surface area contributed by atoms with Crippen molar-refractivity contribution in [3.8, 4) is 0 Å². The van der Waals surface area contributed by atoms with E-state index >= 15 is 0 Å². The van der Waals surface area contributed by atoms with Crippen LogP contribution in [0.3, 0.4) is 0 Å². The predicted octanol–water partition coefficient (Wildman–Crippen LogP) is 3.32. The Hall–Kier alpha value is -0.870. The monoisotopic (exact) mass is 295 g/mol. The Morgan fingerprint density at radius 1 is 1.30 bits per heavy atom. The van der Waals surface area contributed by atoms with Crippen LogP contribution in [0.2, 0.25) is 0 Å². The molecule has 2 unspecified atom stereocenters. The van der Waals surface area contributed by atoms with Gasteiger partial charge in [0.15, 0.2) is 9.84 Å². The van der Waals surface area contributed by atoms with Crippen LogP contribution in [0.5, 0.6) is 0 Å².